The maximum atomic E-state index is 2.56. The summed E-state index contributed by atoms with van der Waals surface area (Å²) in [5, 5.41) is 11.6. The maximum Gasteiger partial charge on any atom is 0.180 e. The first-order chi connectivity index (χ1) is 33.2. The predicted octanol–water partition coefficient (Wildman–Crippen LogP) is 11.0. The maximum absolute atomic E-state index is 2.63. The first-order valence-corrected chi connectivity index (χ1v) is 28.7. The molecule has 0 saturated heterocycles. The molecule has 0 spiro atoms. The minimum absolute atomic E-state index is 1.18. The summed E-state index contributed by atoms with van der Waals surface area (Å²) in [4.78, 5) is 2.59. The van der Waals surface area contributed by atoms with Gasteiger partial charge in [0.15, 0.2) is 16.1 Å². The highest BCUT2D eigenvalue weighted by Gasteiger charge is 2.50. The summed E-state index contributed by atoms with van der Waals surface area (Å²) in [5.74, 6) is 0. The van der Waals surface area contributed by atoms with Crippen LogP contribution in [0.3, 0.4) is 0 Å². The standard InChI is InChI=1S/C62H41NS2Si2/c1-6-20-44(21-7-1)63-53-40-55(42-34-36-51-49-30-16-18-32-57(49)66(59(51)38-42,45-22-8-2-9-23-45)46-24-10-3-11-25-46)64-61(53)62-54(63)41-56(65-62)43-35-37-52-50-31-17-19-33-58(50)67(60(52)39-43,47-26-12-4-13-27-47)48-28-14-5-15-29-48/h1-41H. The largest absolute Gasteiger partial charge is 0.307 e. The zero-order chi connectivity index (χ0) is 44.1. The van der Waals surface area contributed by atoms with E-state index in [0.717, 1.165) is 0 Å². The lowest BCUT2D eigenvalue weighted by Gasteiger charge is -2.31. The lowest BCUT2D eigenvalue weighted by atomic mass is 10.0. The van der Waals surface area contributed by atoms with Crippen LogP contribution in [-0.4, -0.2) is 20.7 Å². The van der Waals surface area contributed by atoms with Crippen molar-refractivity contribution in [2.45, 2.75) is 0 Å². The number of nitrogens with zero attached hydrogens (tertiary/aromatic N) is 1. The molecule has 5 heterocycles. The minimum Gasteiger partial charge on any atom is -0.307 e. The molecule has 14 rings (SSSR count). The van der Waals surface area contributed by atoms with E-state index in [1.807, 2.05) is 22.7 Å². The summed E-state index contributed by atoms with van der Waals surface area (Å²) in [6.07, 6.45) is 0. The topological polar surface area (TPSA) is 4.93 Å². The van der Waals surface area contributed by atoms with Gasteiger partial charge in [0.05, 0.1) is 20.4 Å². The fraction of sp³-hybridized carbons (Fsp3) is 0. The van der Waals surface area contributed by atoms with Gasteiger partial charge in [-0.2, -0.15) is 0 Å². The summed E-state index contributed by atoms with van der Waals surface area (Å²) in [6, 6.07) is 94.3. The summed E-state index contributed by atoms with van der Waals surface area (Å²) in [6.45, 7) is 0. The van der Waals surface area contributed by atoms with Crippen LogP contribution in [0.25, 0.3) is 69.3 Å². The van der Waals surface area contributed by atoms with Crippen molar-refractivity contribution in [3.63, 3.8) is 0 Å². The Morgan fingerprint density at radius 3 is 1.00 bits per heavy atom. The van der Waals surface area contributed by atoms with Gasteiger partial charge < -0.3 is 4.57 Å². The van der Waals surface area contributed by atoms with Crippen LogP contribution < -0.4 is 41.5 Å². The molecule has 2 aliphatic rings. The molecule has 5 heteroatoms. The van der Waals surface area contributed by atoms with E-state index in [4.69, 9.17) is 0 Å². The number of rotatable bonds is 7. The van der Waals surface area contributed by atoms with Crippen molar-refractivity contribution in [2.24, 2.45) is 0 Å². The number of benzene rings is 9. The smallest absolute Gasteiger partial charge is 0.180 e. The normalized spacial score (nSPS) is 13.9. The average Bonchev–Trinajstić information content (AvgIpc) is 4.21. The minimum atomic E-state index is -2.63. The van der Waals surface area contributed by atoms with Crippen molar-refractivity contribution in [2.75, 3.05) is 0 Å². The second-order valence-electron chi connectivity index (χ2n) is 17.9. The lowest BCUT2D eigenvalue weighted by Crippen LogP contribution is -2.72. The molecule has 12 aromatic rings. The molecule has 67 heavy (non-hydrogen) atoms. The van der Waals surface area contributed by atoms with E-state index in [1.54, 1.807) is 0 Å². The van der Waals surface area contributed by atoms with Gasteiger partial charge in [0.25, 0.3) is 0 Å². The molecular weight excluding hydrogens is 879 g/mol. The third-order valence-corrected chi connectivity index (χ3v) is 26.9. The molecule has 0 radical (unpaired) electrons. The second-order valence-corrected chi connectivity index (χ2v) is 27.5. The van der Waals surface area contributed by atoms with Gasteiger partial charge in [0, 0.05) is 15.4 Å². The molecule has 0 N–H and O–H groups in total. The second kappa shape index (κ2) is 15.1. The van der Waals surface area contributed by atoms with Crippen molar-refractivity contribution in [1.82, 2.24) is 4.57 Å². The Morgan fingerprint density at radius 2 is 0.612 bits per heavy atom. The highest BCUT2D eigenvalue weighted by molar-refractivity contribution is 7.30. The van der Waals surface area contributed by atoms with Crippen LogP contribution in [0, 0.1) is 0 Å². The fourth-order valence-electron chi connectivity index (χ4n) is 11.9. The van der Waals surface area contributed by atoms with Crippen molar-refractivity contribution in [3.05, 3.63) is 249 Å². The molecule has 0 unspecified atom stereocenters. The number of para-hydroxylation sites is 1. The quantitative estimate of drug-likeness (QED) is 0.140. The fourth-order valence-corrected chi connectivity index (χ4v) is 24.7. The van der Waals surface area contributed by atoms with Crippen molar-refractivity contribution in [3.8, 4) is 48.8 Å². The number of thiophene rings is 2. The van der Waals surface area contributed by atoms with Gasteiger partial charge in [-0.25, -0.2) is 0 Å². The molecule has 0 aliphatic carbocycles. The number of fused-ring (bicyclic) bond motifs is 9. The molecule has 0 bridgehead atoms. The van der Waals surface area contributed by atoms with E-state index in [2.05, 4.69) is 253 Å². The molecule has 1 nitrogen and oxygen atoms in total. The Morgan fingerprint density at radius 1 is 0.284 bits per heavy atom. The molecule has 9 aromatic carbocycles. The first-order valence-electron chi connectivity index (χ1n) is 23.1. The van der Waals surface area contributed by atoms with Gasteiger partial charge >= 0.3 is 0 Å². The Balaban J connectivity index is 0.965. The third-order valence-electron chi connectivity index (χ3n) is 14.6. The Bertz CT molecular complexity index is 3540. The van der Waals surface area contributed by atoms with E-state index in [1.165, 1.54) is 111 Å². The molecule has 0 amide bonds. The highest BCUT2D eigenvalue weighted by atomic mass is 32.1. The van der Waals surface area contributed by atoms with Crippen LogP contribution in [0.5, 0.6) is 0 Å². The summed E-state index contributed by atoms with van der Waals surface area (Å²) >= 11 is 3.89. The number of hydrogen-bond donors (Lipinski definition) is 0. The summed E-state index contributed by atoms with van der Waals surface area (Å²) < 4.78 is 5.20. The van der Waals surface area contributed by atoms with Crippen LogP contribution in [0.1, 0.15) is 0 Å². The molecule has 2 aliphatic heterocycles. The monoisotopic (exact) mass is 919 g/mol. The van der Waals surface area contributed by atoms with Crippen molar-refractivity contribution >= 4 is 101 Å². The van der Waals surface area contributed by atoms with E-state index < -0.39 is 16.1 Å². The molecular formula is C62H41NS2Si2. The Hall–Kier alpha value is -7.39. The Kier molecular flexibility index (Phi) is 8.74. The zero-order valence-electron chi connectivity index (χ0n) is 36.4. The van der Waals surface area contributed by atoms with Gasteiger partial charge in [-0.1, -0.05) is 224 Å². The van der Waals surface area contributed by atoms with Crippen LogP contribution in [0.2, 0.25) is 0 Å². The summed E-state index contributed by atoms with van der Waals surface area (Å²) in [5.41, 5.74) is 11.7. The molecule has 3 aromatic heterocycles. The van der Waals surface area contributed by atoms with Crippen LogP contribution >= 0.6 is 22.7 Å². The van der Waals surface area contributed by atoms with E-state index in [-0.39, 0.29) is 0 Å². The number of aromatic nitrogens is 1. The molecule has 314 valence electrons. The van der Waals surface area contributed by atoms with Crippen LogP contribution in [0.15, 0.2) is 249 Å². The van der Waals surface area contributed by atoms with Crippen LogP contribution in [-0.2, 0) is 0 Å². The zero-order valence-corrected chi connectivity index (χ0v) is 40.1. The Labute approximate surface area is 400 Å². The third kappa shape index (κ3) is 5.51. The average molecular weight is 920 g/mol. The van der Waals surface area contributed by atoms with Crippen molar-refractivity contribution < 1.29 is 0 Å². The van der Waals surface area contributed by atoms with Gasteiger partial charge in [0.1, 0.15) is 0 Å². The molecule has 0 fully saturated rings. The summed E-state index contributed by atoms with van der Waals surface area (Å²) in [7, 11) is -5.26. The van der Waals surface area contributed by atoms with Gasteiger partial charge in [0.2, 0.25) is 0 Å². The van der Waals surface area contributed by atoms with E-state index >= 15 is 0 Å². The highest BCUT2D eigenvalue weighted by Crippen LogP contribution is 2.47. The SMILES string of the molecule is c1ccc(-n2c3cc(-c4ccc5c(c4)[Si](c4ccccc4)(c4ccccc4)c4ccccc4-5)sc3c3sc(-c4ccc5c(c4)[Si](c4ccccc4)(c4ccccc4)c4ccccc4-5)cc32)cc1. The predicted molar refractivity (Wildman–Crippen MR) is 293 cm³/mol. The number of hydrogen-bond acceptors (Lipinski definition) is 2. The molecule has 0 saturated carbocycles. The van der Waals surface area contributed by atoms with Crippen LogP contribution in [0.4, 0.5) is 0 Å². The first kappa shape index (κ1) is 38.8. The van der Waals surface area contributed by atoms with E-state index in [9.17, 15) is 0 Å². The van der Waals surface area contributed by atoms with Gasteiger partial charge in [-0.15, -0.1) is 22.7 Å². The lowest BCUT2D eigenvalue weighted by molar-refractivity contribution is 1.19. The van der Waals surface area contributed by atoms with Gasteiger partial charge in [-0.3, -0.25) is 0 Å². The van der Waals surface area contributed by atoms with Gasteiger partial charge in [-0.05, 0) is 99.1 Å². The van der Waals surface area contributed by atoms with E-state index in [0.29, 0.717) is 0 Å². The molecule has 0 atom stereocenters. The van der Waals surface area contributed by atoms with Crippen molar-refractivity contribution in [1.29, 1.82) is 0 Å².